The highest BCUT2D eigenvalue weighted by atomic mass is 16.5. The normalized spacial score (nSPS) is 10.2. The Bertz CT molecular complexity index is 627. The molecule has 0 aliphatic carbocycles. The lowest BCUT2D eigenvalue weighted by molar-refractivity contribution is 0.339. The van der Waals surface area contributed by atoms with Gasteiger partial charge in [-0.05, 0) is 30.7 Å². The number of ether oxygens (including phenoxy) is 1. The number of nitrogens with zero attached hydrogens (tertiary/aromatic N) is 2. The number of pyridine rings is 1. The lowest BCUT2D eigenvalue weighted by Crippen LogP contribution is -2.19. The van der Waals surface area contributed by atoms with Crippen molar-refractivity contribution in [3.05, 3.63) is 53.7 Å². The number of nitrogen functional groups attached to an aromatic ring is 1. The monoisotopic (exact) mass is 284 g/mol. The van der Waals surface area contributed by atoms with Crippen LogP contribution in [0.4, 0.5) is 5.82 Å². The third kappa shape index (κ3) is 3.72. The summed E-state index contributed by atoms with van der Waals surface area (Å²) < 4.78 is 5.60. The molecule has 0 aliphatic rings. The number of nitrogens with two attached hydrogens (primary N) is 1. The molecule has 2 aromatic rings. The summed E-state index contributed by atoms with van der Waals surface area (Å²) in [6.07, 6.45) is 1.75. The predicted octanol–water partition coefficient (Wildman–Crippen LogP) is 2.40. The molecule has 0 fully saturated rings. The van der Waals surface area contributed by atoms with E-state index >= 15 is 0 Å². The highest BCUT2D eigenvalue weighted by Crippen LogP contribution is 2.25. The zero-order valence-corrected chi connectivity index (χ0v) is 12.3. The van der Waals surface area contributed by atoms with E-state index in [1.165, 1.54) is 0 Å². The first kappa shape index (κ1) is 14.8. The smallest absolute Gasteiger partial charge is 0.171 e. The van der Waals surface area contributed by atoms with Gasteiger partial charge in [-0.2, -0.15) is 0 Å². The van der Waals surface area contributed by atoms with Crippen LogP contribution in [-0.4, -0.2) is 24.5 Å². The van der Waals surface area contributed by atoms with E-state index in [2.05, 4.69) is 4.98 Å². The first-order chi connectivity index (χ1) is 10.1. The molecule has 0 spiro atoms. The van der Waals surface area contributed by atoms with Gasteiger partial charge in [0.05, 0.1) is 6.61 Å². The van der Waals surface area contributed by atoms with E-state index in [1.54, 1.807) is 6.20 Å². The Labute approximate surface area is 124 Å². The molecule has 0 bridgehead atoms. The number of anilines is 1. The van der Waals surface area contributed by atoms with E-state index in [1.807, 2.05) is 55.3 Å². The summed E-state index contributed by atoms with van der Waals surface area (Å²) in [6, 6.07) is 11.4. The fraction of sp³-hybridized carbons (Fsp3) is 0.250. The van der Waals surface area contributed by atoms with Crippen molar-refractivity contribution in [2.75, 3.05) is 18.6 Å². The second-order valence-electron chi connectivity index (χ2n) is 4.73. The van der Waals surface area contributed by atoms with Gasteiger partial charge in [0.15, 0.2) is 11.6 Å². The zero-order chi connectivity index (χ0) is 15.2. The topological polar surface area (TPSA) is 75.2 Å². The first-order valence-electron chi connectivity index (χ1n) is 6.84. The maximum absolute atomic E-state index is 7.50. The van der Waals surface area contributed by atoms with Gasteiger partial charge in [-0.15, -0.1) is 0 Å². The second kappa shape index (κ2) is 6.74. The number of aromatic nitrogens is 1. The number of nitrogens with one attached hydrogen (secondary N) is 1. The SMILES string of the molecule is CCOc1cccnc1N(C)Cc1cccc(C(=N)N)c1. The van der Waals surface area contributed by atoms with Crippen LogP contribution in [0.3, 0.4) is 0 Å². The molecule has 0 atom stereocenters. The van der Waals surface area contributed by atoms with Crippen molar-refractivity contribution in [1.29, 1.82) is 5.41 Å². The Morgan fingerprint density at radius 2 is 2.14 bits per heavy atom. The lowest BCUT2D eigenvalue weighted by Gasteiger charge is -2.21. The number of hydrogen-bond donors (Lipinski definition) is 2. The first-order valence-corrected chi connectivity index (χ1v) is 6.84. The van der Waals surface area contributed by atoms with Gasteiger partial charge in [0, 0.05) is 25.4 Å². The van der Waals surface area contributed by atoms with Crippen molar-refractivity contribution >= 4 is 11.7 Å². The summed E-state index contributed by atoms with van der Waals surface area (Å²) in [5, 5.41) is 7.50. The van der Waals surface area contributed by atoms with Gasteiger partial charge in [0.1, 0.15) is 5.84 Å². The highest BCUT2D eigenvalue weighted by Gasteiger charge is 2.10. The van der Waals surface area contributed by atoms with E-state index in [0.29, 0.717) is 13.2 Å². The van der Waals surface area contributed by atoms with Crippen LogP contribution in [0.5, 0.6) is 5.75 Å². The van der Waals surface area contributed by atoms with E-state index in [4.69, 9.17) is 15.9 Å². The maximum Gasteiger partial charge on any atom is 0.171 e. The van der Waals surface area contributed by atoms with Crippen molar-refractivity contribution < 1.29 is 4.74 Å². The number of benzene rings is 1. The van der Waals surface area contributed by atoms with Crippen molar-refractivity contribution in [3.63, 3.8) is 0 Å². The van der Waals surface area contributed by atoms with Gasteiger partial charge in [0.2, 0.25) is 0 Å². The highest BCUT2D eigenvalue weighted by molar-refractivity contribution is 5.95. The molecule has 110 valence electrons. The van der Waals surface area contributed by atoms with Crippen LogP contribution >= 0.6 is 0 Å². The van der Waals surface area contributed by atoms with Gasteiger partial charge >= 0.3 is 0 Å². The van der Waals surface area contributed by atoms with E-state index in [-0.39, 0.29) is 5.84 Å². The minimum Gasteiger partial charge on any atom is -0.490 e. The Hall–Kier alpha value is -2.56. The molecule has 0 saturated heterocycles. The molecule has 0 unspecified atom stereocenters. The van der Waals surface area contributed by atoms with Crippen molar-refractivity contribution in [2.24, 2.45) is 5.73 Å². The lowest BCUT2D eigenvalue weighted by atomic mass is 10.1. The Balaban J connectivity index is 2.20. The molecule has 1 heterocycles. The summed E-state index contributed by atoms with van der Waals surface area (Å²) in [5.41, 5.74) is 7.32. The molecular formula is C16H20N4O. The van der Waals surface area contributed by atoms with Gasteiger partial charge in [-0.1, -0.05) is 18.2 Å². The maximum atomic E-state index is 7.50. The second-order valence-corrected chi connectivity index (χ2v) is 4.73. The zero-order valence-electron chi connectivity index (χ0n) is 12.3. The molecule has 5 heteroatoms. The molecule has 0 amide bonds. The molecule has 0 saturated carbocycles. The molecule has 5 nitrogen and oxygen atoms in total. The quantitative estimate of drug-likeness (QED) is 0.631. The van der Waals surface area contributed by atoms with Crippen LogP contribution in [0.25, 0.3) is 0 Å². The van der Waals surface area contributed by atoms with Gasteiger partial charge < -0.3 is 15.4 Å². The van der Waals surface area contributed by atoms with Crippen molar-refractivity contribution in [3.8, 4) is 5.75 Å². The van der Waals surface area contributed by atoms with Crippen LogP contribution in [0, 0.1) is 5.41 Å². The van der Waals surface area contributed by atoms with Crippen LogP contribution in [0.15, 0.2) is 42.6 Å². The van der Waals surface area contributed by atoms with Gasteiger partial charge in [-0.3, -0.25) is 5.41 Å². The molecule has 21 heavy (non-hydrogen) atoms. The number of rotatable bonds is 6. The van der Waals surface area contributed by atoms with E-state index in [0.717, 1.165) is 22.7 Å². The molecule has 3 N–H and O–H groups in total. The van der Waals surface area contributed by atoms with Crippen LogP contribution in [-0.2, 0) is 6.54 Å². The molecule has 1 aromatic carbocycles. The van der Waals surface area contributed by atoms with Crippen molar-refractivity contribution in [2.45, 2.75) is 13.5 Å². The van der Waals surface area contributed by atoms with Gasteiger partial charge in [-0.25, -0.2) is 4.98 Å². The molecule has 1 aromatic heterocycles. The van der Waals surface area contributed by atoms with Gasteiger partial charge in [0.25, 0.3) is 0 Å². The fourth-order valence-corrected chi connectivity index (χ4v) is 2.12. The summed E-state index contributed by atoms with van der Waals surface area (Å²) >= 11 is 0. The minimum absolute atomic E-state index is 0.0762. The Morgan fingerprint density at radius 3 is 2.86 bits per heavy atom. The van der Waals surface area contributed by atoms with Crippen LogP contribution in [0.2, 0.25) is 0 Å². The van der Waals surface area contributed by atoms with E-state index in [9.17, 15) is 0 Å². The molecule has 0 aliphatic heterocycles. The number of amidine groups is 1. The summed E-state index contributed by atoms with van der Waals surface area (Å²) in [7, 11) is 1.96. The predicted molar refractivity (Wildman–Crippen MR) is 85.0 cm³/mol. The summed E-state index contributed by atoms with van der Waals surface area (Å²) in [6.45, 7) is 3.22. The number of hydrogen-bond acceptors (Lipinski definition) is 4. The third-order valence-electron chi connectivity index (χ3n) is 3.07. The standard InChI is InChI=1S/C16H20N4O/c1-3-21-14-8-5-9-19-16(14)20(2)11-12-6-4-7-13(10-12)15(17)18/h4-10H,3,11H2,1-2H3,(H3,17,18). The molecular weight excluding hydrogens is 264 g/mol. The molecule has 2 rings (SSSR count). The Kier molecular flexibility index (Phi) is 4.77. The van der Waals surface area contributed by atoms with Crippen LogP contribution in [0.1, 0.15) is 18.1 Å². The summed E-state index contributed by atoms with van der Waals surface area (Å²) in [4.78, 5) is 6.40. The average Bonchev–Trinajstić information content (AvgIpc) is 2.48. The third-order valence-corrected chi connectivity index (χ3v) is 3.07. The van der Waals surface area contributed by atoms with E-state index < -0.39 is 0 Å². The average molecular weight is 284 g/mol. The minimum atomic E-state index is 0.0762. The van der Waals surface area contributed by atoms with Crippen LogP contribution < -0.4 is 15.4 Å². The molecule has 0 radical (unpaired) electrons. The fourth-order valence-electron chi connectivity index (χ4n) is 2.12. The van der Waals surface area contributed by atoms with Crippen molar-refractivity contribution in [1.82, 2.24) is 4.98 Å². The largest absolute Gasteiger partial charge is 0.490 e. The summed E-state index contributed by atoms with van der Waals surface area (Å²) in [5.74, 6) is 1.64. The Morgan fingerprint density at radius 1 is 1.33 bits per heavy atom.